The number of fused-ring (bicyclic) bond motifs is 1. The highest BCUT2D eigenvalue weighted by molar-refractivity contribution is 5.96. The van der Waals surface area contributed by atoms with Gasteiger partial charge in [0, 0.05) is 24.2 Å². The summed E-state index contributed by atoms with van der Waals surface area (Å²) < 4.78 is 54.9. The van der Waals surface area contributed by atoms with Gasteiger partial charge >= 0.3 is 6.18 Å². The first kappa shape index (κ1) is 24.8. The number of halogens is 4. The van der Waals surface area contributed by atoms with Gasteiger partial charge < -0.3 is 10.6 Å². The summed E-state index contributed by atoms with van der Waals surface area (Å²) in [4.78, 5) is 32.7. The van der Waals surface area contributed by atoms with Gasteiger partial charge in [0.05, 0.1) is 34.8 Å². The summed E-state index contributed by atoms with van der Waals surface area (Å²) in [5, 5.41) is 9.54. The number of carbonyl (C=O) groups is 2. The molecule has 4 aromatic rings. The Hall–Kier alpha value is -4.35. The molecular weight excluding hydrogens is 480 g/mol. The van der Waals surface area contributed by atoms with Gasteiger partial charge in [-0.3, -0.25) is 14.6 Å². The standard InChI is InChI=1S/C24H20F4N6O2/c1-12-18(23(36)30-13(2)17-9-16(24(26,27)28)4-5-19(17)25)8-15(10-29-12)20-6-7-22-32-21(31-14(3)35)11-34(22)33-20/h4-11,13H,1-3H3,(H,30,36)(H,31,35). The average Bonchev–Trinajstić information content (AvgIpc) is 3.19. The van der Waals surface area contributed by atoms with E-state index in [1.807, 2.05) is 0 Å². The lowest BCUT2D eigenvalue weighted by atomic mass is 10.0. The Morgan fingerprint density at radius 3 is 2.56 bits per heavy atom. The number of benzene rings is 1. The molecule has 12 heteroatoms. The van der Waals surface area contributed by atoms with Crippen LogP contribution < -0.4 is 10.6 Å². The number of aromatic nitrogens is 4. The maximum Gasteiger partial charge on any atom is 0.416 e. The fourth-order valence-corrected chi connectivity index (χ4v) is 3.58. The molecular formula is C24H20F4N6O2. The minimum atomic E-state index is -4.65. The Kier molecular flexibility index (Phi) is 6.44. The molecule has 1 aromatic carbocycles. The van der Waals surface area contributed by atoms with Gasteiger partial charge in [0.1, 0.15) is 5.82 Å². The molecule has 36 heavy (non-hydrogen) atoms. The van der Waals surface area contributed by atoms with E-state index in [0.717, 1.165) is 6.07 Å². The number of anilines is 1. The van der Waals surface area contributed by atoms with Crippen LogP contribution in [0.3, 0.4) is 0 Å². The Labute approximate surface area is 202 Å². The van der Waals surface area contributed by atoms with E-state index in [2.05, 4.69) is 25.7 Å². The number of hydrogen-bond acceptors (Lipinski definition) is 5. The Morgan fingerprint density at radius 2 is 1.86 bits per heavy atom. The van der Waals surface area contributed by atoms with Crippen molar-refractivity contribution in [2.24, 2.45) is 0 Å². The molecule has 0 aliphatic heterocycles. The molecule has 8 nitrogen and oxygen atoms in total. The topological polar surface area (TPSA) is 101 Å². The first-order valence-electron chi connectivity index (χ1n) is 10.7. The Balaban J connectivity index is 1.60. The summed E-state index contributed by atoms with van der Waals surface area (Å²) in [6, 6.07) is 5.88. The second-order valence-corrected chi connectivity index (χ2v) is 8.11. The molecule has 4 rings (SSSR count). The number of imidazole rings is 1. The number of hydrogen-bond donors (Lipinski definition) is 2. The summed E-state index contributed by atoms with van der Waals surface area (Å²) in [5.41, 5.74) is 0.637. The highest BCUT2D eigenvalue weighted by atomic mass is 19.4. The molecule has 0 radical (unpaired) electrons. The summed E-state index contributed by atoms with van der Waals surface area (Å²) in [5.74, 6) is -1.46. The molecule has 2 N–H and O–H groups in total. The normalized spacial score (nSPS) is 12.4. The maximum absolute atomic E-state index is 14.3. The smallest absolute Gasteiger partial charge is 0.345 e. The molecule has 3 heterocycles. The largest absolute Gasteiger partial charge is 0.416 e. The van der Waals surface area contributed by atoms with Gasteiger partial charge in [-0.1, -0.05) is 0 Å². The van der Waals surface area contributed by atoms with E-state index in [-0.39, 0.29) is 17.0 Å². The van der Waals surface area contributed by atoms with Crippen molar-refractivity contribution in [3.63, 3.8) is 0 Å². The second kappa shape index (κ2) is 9.36. The predicted molar refractivity (Wildman–Crippen MR) is 123 cm³/mol. The van der Waals surface area contributed by atoms with Crippen molar-refractivity contribution in [2.75, 3.05) is 5.32 Å². The van der Waals surface area contributed by atoms with Gasteiger partial charge in [-0.2, -0.15) is 18.3 Å². The van der Waals surface area contributed by atoms with Crippen LogP contribution in [0.25, 0.3) is 16.9 Å². The third-order valence-electron chi connectivity index (χ3n) is 5.39. The highest BCUT2D eigenvalue weighted by Gasteiger charge is 2.32. The summed E-state index contributed by atoms with van der Waals surface area (Å²) in [7, 11) is 0. The zero-order valence-electron chi connectivity index (χ0n) is 19.3. The molecule has 0 bridgehead atoms. The van der Waals surface area contributed by atoms with Gasteiger partial charge in [0.25, 0.3) is 5.91 Å². The number of alkyl halides is 3. The lowest BCUT2D eigenvalue weighted by Gasteiger charge is -2.18. The van der Waals surface area contributed by atoms with Crippen molar-refractivity contribution in [3.8, 4) is 11.3 Å². The Morgan fingerprint density at radius 1 is 1.11 bits per heavy atom. The minimum Gasteiger partial charge on any atom is -0.345 e. The number of carbonyl (C=O) groups excluding carboxylic acids is 2. The summed E-state index contributed by atoms with van der Waals surface area (Å²) in [6.45, 7) is 4.35. The summed E-state index contributed by atoms with van der Waals surface area (Å²) in [6.07, 6.45) is -1.60. The van der Waals surface area contributed by atoms with Crippen molar-refractivity contribution in [3.05, 3.63) is 77.0 Å². The predicted octanol–water partition coefficient (Wildman–Crippen LogP) is 4.71. The molecule has 0 fully saturated rings. The van der Waals surface area contributed by atoms with Crippen LogP contribution in [0.15, 0.2) is 48.8 Å². The fraction of sp³-hybridized carbons (Fsp3) is 0.208. The van der Waals surface area contributed by atoms with E-state index in [1.54, 1.807) is 19.1 Å². The van der Waals surface area contributed by atoms with E-state index in [4.69, 9.17) is 0 Å². The van der Waals surface area contributed by atoms with Gasteiger partial charge in [-0.05, 0) is 50.2 Å². The van der Waals surface area contributed by atoms with E-state index in [1.165, 1.54) is 36.8 Å². The monoisotopic (exact) mass is 500 g/mol. The van der Waals surface area contributed by atoms with Crippen LogP contribution in [-0.4, -0.2) is 31.4 Å². The van der Waals surface area contributed by atoms with Crippen molar-refractivity contribution in [2.45, 2.75) is 33.0 Å². The van der Waals surface area contributed by atoms with Gasteiger partial charge in [0.15, 0.2) is 11.5 Å². The molecule has 0 aliphatic carbocycles. The van der Waals surface area contributed by atoms with Crippen molar-refractivity contribution < 1.29 is 27.2 Å². The number of rotatable bonds is 5. The number of nitrogens with one attached hydrogen (secondary N) is 2. The molecule has 1 atom stereocenters. The van der Waals surface area contributed by atoms with Crippen LogP contribution in [0, 0.1) is 12.7 Å². The molecule has 186 valence electrons. The first-order chi connectivity index (χ1) is 16.9. The van der Waals surface area contributed by atoms with Gasteiger partial charge in [0.2, 0.25) is 5.91 Å². The molecule has 0 saturated heterocycles. The molecule has 1 unspecified atom stereocenters. The van der Waals surface area contributed by atoms with Crippen molar-refractivity contribution in [1.29, 1.82) is 0 Å². The van der Waals surface area contributed by atoms with E-state index in [0.29, 0.717) is 40.5 Å². The third kappa shape index (κ3) is 5.16. The van der Waals surface area contributed by atoms with Crippen molar-refractivity contribution >= 4 is 23.3 Å². The number of amides is 2. The third-order valence-corrected chi connectivity index (χ3v) is 5.39. The second-order valence-electron chi connectivity index (χ2n) is 8.11. The molecule has 2 amide bonds. The minimum absolute atomic E-state index is 0.151. The van der Waals surface area contributed by atoms with Crippen LogP contribution in [0.5, 0.6) is 0 Å². The van der Waals surface area contributed by atoms with Crippen LogP contribution in [0.1, 0.15) is 47.1 Å². The SMILES string of the molecule is CC(=O)Nc1cn2nc(-c3cnc(C)c(C(=O)NC(C)c4cc(C(F)(F)F)ccc4F)c3)ccc2n1. The maximum atomic E-state index is 14.3. The quantitative estimate of drug-likeness (QED) is 0.387. The fourth-order valence-electron chi connectivity index (χ4n) is 3.58. The lowest BCUT2D eigenvalue weighted by Crippen LogP contribution is -2.28. The summed E-state index contributed by atoms with van der Waals surface area (Å²) >= 11 is 0. The first-order valence-corrected chi connectivity index (χ1v) is 10.7. The average molecular weight is 500 g/mol. The Bertz CT molecular complexity index is 1480. The molecule has 0 aliphatic rings. The molecule has 0 spiro atoms. The number of pyridine rings is 1. The molecule has 0 saturated carbocycles. The van der Waals surface area contributed by atoms with Gasteiger partial charge in [-0.15, -0.1) is 0 Å². The molecule has 3 aromatic heterocycles. The van der Waals surface area contributed by atoms with E-state index < -0.39 is 29.5 Å². The van der Waals surface area contributed by atoms with Crippen molar-refractivity contribution in [1.82, 2.24) is 24.9 Å². The number of nitrogens with zero attached hydrogens (tertiary/aromatic N) is 4. The van der Waals surface area contributed by atoms with Crippen LogP contribution in [0.4, 0.5) is 23.4 Å². The lowest BCUT2D eigenvalue weighted by molar-refractivity contribution is -0.137. The zero-order valence-corrected chi connectivity index (χ0v) is 19.3. The van der Waals surface area contributed by atoms with Crippen LogP contribution in [0.2, 0.25) is 0 Å². The van der Waals surface area contributed by atoms with E-state index >= 15 is 0 Å². The van der Waals surface area contributed by atoms with Crippen LogP contribution in [-0.2, 0) is 11.0 Å². The van der Waals surface area contributed by atoms with Crippen LogP contribution >= 0.6 is 0 Å². The van der Waals surface area contributed by atoms with E-state index in [9.17, 15) is 27.2 Å². The zero-order chi connectivity index (χ0) is 26.2. The van der Waals surface area contributed by atoms with Gasteiger partial charge in [-0.25, -0.2) is 13.9 Å². The highest BCUT2D eigenvalue weighted by Crippen LogP contribution is 2.32. The number of aryl methyl sites for hydroxylation is 1.